The molecule has 0 aliphatic carbocycles. The Morgan fingerprint density at radius 1 is 1.46 bits per heavy atom. The lowest BCUT2D eigenvalue weighted by atomic mass is 10.1. The fourth-order valence-corrected chi connectivity index (χ4v) is 4.18. The zero-order chi connectivity index (χ0) is 17.3. The first-order valence-electron chi connectivity index (χ1n) is 7.17. The third-order valence-electron chi connectivity index (χ3n) is 3.68. The lowest BCUT2D eigenvalue weighted by molar-refractivity contribution is -0.119. The number of nitrogens with zero attached hydrogens (tertiary/aromatic N) is 2. The molecule has 0 saturated heterocycles. The van der Waals surface area contributed by atoms with Crippen LogP contribution in [0, 0.1) is 12.8 Å². The van der Waals surface area contributed by atoms with E-state index in [2.05, 4.69) is 10.3 Å². The van der Waals surface area contributed by atoms with E-state index in [1.54, 1.807) is 24.6 Å². The van der Waals surface area contributed by atoms with Crippen molar-refractivity contribution in [3.8, 4) is 0 Å². The molecule has 0 bridgehead atoms. The van der Waals surface area contributed by atoms with Crippen LogP contribution in [0.1, 0.15) is 15.9 Å². The van der Waals surface area contributed by atoms with E-state index < -0.39 is 5.97 Å². The van der Waals surface area contributed by atoms with Gasteiger partial charge in [-0.1, -0.05) is 11.8 Å². The van der Waals surface area contributed by atoms with Gasteiger partial charge in [-0.05, 0) is 18.4 Å². The number of amides is 1. The highest BCUT2D eigenvalue weighted by Crippen LogP contribution is 2.28. The predicted octanol–water partition coefficient (Wildman–Crippen LogP) is 1.76. The summed E-state index contributed by atoms with van der Waals surface area (Å²) in [5.41, 5.74) is 0.748. The van der Waals surface area contributed by atoms with Crippen LogP contribution in [0.5, 0.6) is 0 Å². The van der Waals surface area contributed by atoms with Crippen molar-refractivity contribution in [2.45, 2.75) is 18.6 Å². The molecular weight excluding hydrogens is 350 g/mol. The molecule has 9 heteroatoms. The fraction of sp³-hybridized carbons (Fsp3) is 0.333. The van der Waals surface area contributed by atoms with Crippen molar-refractivity contribution in [3.63, 3.8) is 0 Å². The van der Waals surface area contributed by atoms with Crippen LogP contribution >= 0.6 is 23.1 Å². The second-order valence-corrected chi connectivity index (χ2v) is 7.19. The zero-order valence-electron chi connectivity index (χ0n) is 13.1. The van der Waals surface area contributed by atoms with Crippen molar-refractivity contribution in [1.29, 1.82) is 0 Å². The molecule has 1 aliphatic heterocycles. The van der Waals surface area contributed by atoms with Gasteiger partial charge in [0.05, 0.1) is 18.6 Å². The molecule has 7 nitrogen and oxygen atoms in total. The Morgan fingerprint density at radius 3 is 3.00 bits per heavy atom. The molecule has 1 aliphatic rings. The Labute approximate surface area is 146 Å². The van der Waals surface area contributed by atoms with E-state index in [-0.39, 0.29) is 23.9 Å². The predicted molar refractivity (Wildman–Crippen MR) is 91.7 cm³/mol. The van der Waals surface area contributed by atoms with Crippen molar-refractivity contribution in [3.05, 3.63) is 39.1 Å². The van der Waals surface area contributed by atoms with Crippen LogP contribution in [0.4, 0.5) is 5.00 Å². The highest BCUT2D eigenvalue weighted by Gasteiger charge is 2.28. The number of aromatic nitrogens is 2. The van der Waals surface area contributed by atoms with Gasteiger partial charge in [-0.15, -0.1) is 11.3 Å². The summed E-state index contributed by atoms with van der Waals surface area (Å²) in [6.45, 7) is 1.98. The van der Waals surface area contributed by atoms with Gasteiger partial charge < -0.3 is 10.1 Å². The van der Waals surface area contributed by atoms with Crippen LogP contribution in [-0.2, 0) is 16.1 Å². The number of anilines is 1. The van der Waals surface area contributed by atoms with Crippen LogP contribution in [0.25, 0.3) is 0 Å². The van der Waals surface area contributed by atoms with Gasteiger partial charge in [0.25, 0.3) is 5.56 Å². The maximum absolute atomic E-state index is 12.5. The highest BCUT2D eigenvalue weighted by molar-refractivity contribution is 7.99. The monoisotopic (exact) mass is 365 g/mol. The lowest BCUT2D eigenvalue weighted by Crippen LogP contribution is -2.37. The van der Waals surface area contributed by atoms with Crippen molar-refractivity contribution in [2.75, 3.05) is 18.2 Å². The number of thioether (sulfide) groups is 1. The molecule has 2 aromatic heterocycles. The molecule has 0 aromatic carbocycles. The third kappa shape index (κ3) is 3.09. The number of rotatable bonds is 3. The van der Waals surface area contributed by atoms with Crippen molar-refractivity contribution >= 4 is 40.0 Å². The summed E-state index contributed by atoms with van der Waals surface area (Å²) in [5, 5.41) is 5.56. The summed E-state index contributed by atoms with van der Waals surface area (Å²) in [7, 11) is 1.29. The van der Waals surface area contributed by atoms with Crippen molar-refractivity contribution in [2.24, 2.45) is 5.92 Å². The zero-order valence-corrected chi connectivity index (χ0v) is 14.7. The van der Waals surface area contributed by atoms with E-state index in [1.165, 1.54) is 34.8 Å². The Morgan fingerprint density at radius 2 is 2.25 bits per heavy atom. The average Bonchev–Trinajstić information content (AvgIpc) is 3.05. The first-order chi connectivity index (χ1) is 11.5. The summed E-state index contributed by atoms with van der Waals surface area (Å²) < 4.78 is 6.23. The number of methoxy groups -OCH3 is 1. The molecule has 0 saturated carbocycles. The molecule has 1 atom stereocenters. The van der Waals surface area contributed by atoms with E-state index in [0.29, 0.717) is 27.0 Å². The third-order valence-corrected chi connectivity index (χ3v) is 5.66. The molecule has 3 rings (SSSR count). The SMILES string of the molecule is COC(=O)c1ccsc1NC(=O)C1CSc2ncc(C)c(=O)n2C1. The first-order valence-corrected chi connectivity index (χ1v) is 9.03. The minimum absolute atomic E-state index is 0.128. The van der Waals surface area contributed by atoms with Gasteiger partial charge in [0.2, 0.25) is 5.91 Å². The van der Waals surface area contributed by atoms with E-state index in [4.69, 9.17) is 4.74 Å². The molecule has 1 N–H and O–H groups in total. The maximum Gasteiger partial charge on any atom is 0.340 e. The van der Waals surface area contributed by atoms with E-state index in [0.717, 1.165) is 0 Å². The first kappa shape index (κ1) is 16.7. The maximum atomic E-state index is 12.5. The summed E-state index contributed by atoms with van der Waals surface area (Å²) in [6.07, 6.45) is 1.55. The number of ether oxygens (including phenoxy) is 1. The standard InChI is InChI=1S/C15H15N3O4S2/c1-8-5-16-15-18(13(8)20)6-9(7-24-15)11(19)17-12-10(3-4-23-12)14(21)22-2/h3-5,9H,6-7H2,1-2H3,(H,17,19). The van der Waals surface area contributed by atoms with Gasteiger partial charge in [-0.3, -0.25) is 14.2 Å². The Hall–Kier alpha value is -2.13. The van der Waals surface area contributed by atoms with Gasteiger partial charge in [0.15, 0.2) is 5.16 Å². The number of carbonyl (C=O) groups excluding carboxylic acids is 2. The molecule has 2 aromatic rings. The Bertz CT molecular complexity index is 859. The second kappa shape index (κ2) is 6.78. The molecule has 1 unspecified atom stereocenters. The molecule has 1 amide bonds. The van der Waals surface area contributed by atoms with E-state index in [1.807, 2.05) is 0 Å². The molecule has 3 heterocycles. The summed E-state index contributed by atoms with van der Waals surface area (Å²) in [5.74, 6) is -0.572. The number of aryl methyl sites for hydroxylation is 1. The van der Waals surface area contributed by atoms with Gasteiger partial charge in [0, 0.05) is 24.1 Å². The van der Waals surface area contributed by atoms with Gasteiger partial charge in [0.1, 0.15) is 5.00 Å². The molecule has 0 fully saturated rings. The van der Waals surface area contributed by atoms with Gasteiger partial charge in [-0.25, -0.2) is 9.78 Å². The smallest absolute Gasteiger partial charge is 0.340 e. The van der Waals surface area contributed by atoms with Crippen LogP contribution in [-0.4, -0.2) is 34.3 Å². The number of hydrogen-bond donors (Lipinski definition) is 1. The fourth-order valence-electron chi connectivity index (χ4n) is 2.35. The van der Waals surface area contributed by atoms with Crippen LogP contribution < -0.4 is 10.9 Å². The lowest BCUT2D eigenvalue weighted by Gasteiger charge is -2.24. The quantitative estimate of drug-likeness (QED) is 0.658. The number of thiophene rings is 1. The topological polar surface area (TPSA) is 90.3 Å². The molecular formula is C15H15N3O4S2. The summed E-state index contributed by atoms with van der Waals surface area (Å²) in [4.78, 5) is 40.6. The van der Waals surface area contributed by atoms with Crippen LogP contribution in [0.3, 0.4) is 0 Å². The number of fused-ring (bicyclic) bond motifs is 1. The molecule has 126 valence electrons. The molecule has 24 heavy (non-hydrogen) atoms. The number of esters is 1. The number of nitrogens with one attached hydrogen (secondary N) is 1. The largest absolute Gasteiger partial charge is 0.465 e. The Kier molecular flexibility index (Phi) is 4.72. The van der Waals surface area contributed by atoms with Crippen LogP contribution in [0.15, 0.2) is 27.6 Å². The second-order valence-electron chi connectivity index (χ2n) is 5.29. The normalized spacial score (nSPS) is 16.3. The number of carbonyl (C=O) groups is 2. The summed E-state index contributed by atoms with van der Waals surface area (Å²) >= 11 is 2.63. The molecule has 0 radical (unpaired) electrons. The van der Waals surface area contributed by atoms with Crippen molar-refractivity contribution in [1.82, 2.24) is 9.55 Å². The van der Waals surface area contributed by atoms with Crippen molar-refractivity contribution < 1.29 is 14.3 Å². The van der Waals surface area contributed by atoms with Crippen LogP contribution in [0.2, 0.25) is 0 Å². The number of hydrogen-bond acceptors (Lipinski definition) is 7. The highest BCUT2D eigenvalue weighted by atomic mass is 32.2. The van der Waals surface area contributed by atoms with E-state index in [9.17, 15) is 14.4 Å². The van der Waals surface area contributed by atoms with E-state index >= 15 is 0 Å². The Balaban J connectivity index is 1.78. The van der Waals surface area contributed by atoms with Gasteiger partial charge >= 0.3 is 5.97 Å². The van der Waals surface area contributed by atoms with Gasteiger partial charge in [-0.2, -0.15) is 0 Å². The minimum atomic E-state index is -0.494. The average molecular weight is 365 g/mol. The minimum Gasteiger partial charge on any atom is -0.465 e. The summed E-state index contributed by atoms with van der Waals surface area (Å²) in [6, 6.07) is 1.61. The molecule has 0 spiro atoms.